The van der Waals surface area contributed by atoms with Crippen LogP contribution in [0.3, 0.4) is 0 Å². The third-order valence-electron chi connectivity index (χ3n) is 3.01. The first-order valence-corrected chi connectivity index (χ1v) is 5.52. The molecule has 96 valence electrons. The number of nitrogens with zero attached hydrogens (tertiary/aromatic N) is 1. The van der Waals surface area contributed by atoms with Gasteiger partial charge in [-0.1, -0.05) is 30.9 Å². The van der Waals surface area contributed by atoms with Crippen molar-refractivity contribution >= 4 is 12.0 Å². The van der Waals surface area contributed by atoms with Crippen LogP contribution in [-0.4, -0.2) is 23.5 Å². The third kappa shape index (κ3) is 2.39. The Hall–Kier alpha value is -1.78. The number of halogens is 3. The Bertz CT molecular complexity index is 493. The molecule has 1 aromatic rings. The van der Waals surface area contributed by atoms with Gasteiger partial charge in [-0.3, -0.25) is 4.79 Å². The molecule has 1 aliphatic heterocycles. The van der Waals surface area contributed by atoms with Crippen molar-refractivity contribution in [1.29, 1.82) is 0 Å². The molecule has 2 rings (SSSR count). The lowest BCUT2D eigenvalue weighted by molar-refractivity contribution is -0.186. The number of hydrogen-bond donors (Lipinski definition) is 0. The second-order valence-electron chi connectivity index (χ2n) is 4.21. The molecule has 18 heavy (non-hydrogen) atoms. The maximum Gasteiger partial charge on any atom is 0.471 e. The van der Waals surface area contributed by atoms with E-state index in [0.717, 1.165) is 21.6 Å². The molecule has 1 aliphatic rings. The van der Waals surface area contributed by atoms with Gasteiger partial charge in [-0.15, -0.1) is 0 Å². The third-order valence-corrected chi connectivity index (χ3v) is 3.01. The first kappa shape index (κ1) is 12.7. The minimum atomic E-state index is -4.79. The fraction of sp³-hybridized carbons (Fsp3) is 0.308. The Labute approximate surface area is 103 Å². The highest BCUT2D eigenvalue weighted by atomic mass is 19.4. The Kier molecular flexibility index (Phi) is 3.15. The van der Waals surface area contributed by atoms with Crippen LogP contribution in [0.5, 0.6) is 0 Å². The number of carbonyl (C=O) groups is 1. The molecule has 0 bridgehead atoms. The van der Waals surface area contributed by atoms with Crippen LogP contribution in [0.4, 0.5) is 13.2 Å². The average Bonchev–Trinajstić information content (AvgIpc) is 2.35. The largest absolute Gasteiger partial charge is 0.471 e. The Morgan fingerprint density at radius 2 is 2.06 bits per heavy atom. The summed E-state index contributed by atoms with van der Waals surface area (Å²) in [4.78, 5) is 12.0. The van der Waals surface area contributed by atoms with E-state index in [9.17, 15) is 18.0 Å². The van der Waals surface area contributed by atoms with Gasteiger partial charge in [0, 0.05) is 13.1 Å². The number of alkyl halides is 3. The molecular formula is C13H12F3NO. The number of fused-ring (bicyclic) bond motifs is 1. The summed E-state index contributed by atoms with van der Waals surface area (Å²) in [6.07, 6.45) is -2.66. The van der Waals surface area contributed by atoms with Gasteiger partial charge in [-0.2, -0.15) is 13.2 Å². The maximum atomic E-state index is 12.3. The standard InChI is InChI=1S/C13H12F3NO/c1-2-9-3-4-11-8-17(6-5-10(11)7-9)12(18)13(14,15)16/h2-4,7H,1,5-6,8H2. The van der Waals surface area contributed by atoms with Crippen LogP contribution < -0.4 is 0 Å². The molecule has 1 amide bonds. The van der Waals surface area contributed by atoms with Crippen LogP contribution in [0.25, 0.3) is 6.08 Å². The van der Waals surface area contributed by atoms with E-state index in [0.29, 0.717) is 6.42 Å². The number of hydrogen-bond acceptors (Lipinski definition) is 1. The summed E-state index contributed by atoms with van der Waals surface area (Å²) in [6, 6.07) is 5.44. The zero-order valence-electron chi connectivity index (χ0n) is 9.63. The van der Waals surface area contributed by atoms with E-state index in [1.54, 1.807) is 18.2 Å². The number of benzene rings is 1. The average molecular weight is 255 g/mol. The summed E-state index contributed by atoms with van der Waals surface area (Å²) in [5.41, 5.74) is 2.69. The summed E-state index contributed by atoms with van der Waals surface area (Å²) in [5.74, 6) is -1.76. The van der Waals surface area contributed by atoms with Crippen LogP contribution in [0.15, 0.2) is 24.8 Å². The Morgan fingerprint density at radius 1 is 1.33 bits per heavy atom. The number of carbonyl (C=O) groups excluding carboxylic acids is 1. The van der Waals surface area contributed by atoms with Gasteiger partial charge >= 0.3 is 12.1 Å². The lowest BCUT2D eigenvalue weighted by atomic mass is 9.97. The van der Waals surface area contributed by atoms with Gasteiger partial charge in [0.2, 0.25) is 0 Å². The van der Waals surface area contributed by atoms with Gasteiger partial charge in [-0.05, 0) is 23.1 Å². The second kappa shape index (κ2) is 4.48. The second-order valence-corrected chi connectivity index (χ2v) is 4.21. The van der Waals surface area contributed by atoms with E-state index in [1.165, 1.54) is 0 Å². The minimum Gasteiger partial charge on any atom is -0.330 e. The molecule has 0 saturated carbocycles. The summed E-state index contributed by atoms with van der Waals surface area (Å²) in [5, 5.41) is 0. The molecule has 2 nitrogen and oxygen atoms in total. The molecule has 0 aromatic heterocycles. The summed E-state index contributed by atoms with van der Waals surface area (Å²) >= 11 is 0. The highest BCUT2D eigenvalue weighted by Gasteiger charge is 2.43. The van der Waals surface area contributed by atoms with Crippen molar-refractivity contribution in [3.63, 3.8) is 0 Å². The highest BCUT2D eigenvalue weighted by Crippen LogP contribution is 2.25. The van der Waals surface area contributed by atoms with Gasteiger partial charge in [-0.25, -0.2) is 0 Å². The molecule has 0 aliphatic carbocycles. The summed E-state index contributed by atoms with van der Waals surface area (Å²) in [6.45, 7) is 3.76. The molecule has 1 heterocycles. The van der Waals surface area contributed by atoms with Crippen LogP contribution in [0, 0.1) is 0 Å². The molecule has 0 N–H and O–H groups in total. The zero-order valence-corrected chi connectivity index (χ0v) is 9.63. The van der Waals surface area contributed by atoms with Gasteiger partial charge in [0.25, 0.3) is 0 Å². The first-order chi connectivity index (χ1) is 8.41. The van der Waals surface area contributed by atoms with Crippen molar-refractivity contribution in [3.8, 4) is 0 Å². The molecular weight excluding hydrogens is 243 g/mol. The Morgan fingerprint density at radius 3 is 2.67 bits per heavy atom. The van der Waals surface area contributed by atoms with E-state index >= 15 is 0 Å². The SMILES string of the molecule is C=Cc1ccc2c(c1)CCN(C(=O)C(F)(F)F)C2. The topological polar surface area (TPSA) is 20.3 Å². The van der Waals surface area contributed by atoms with Crippen LogP contribution in [0.2, 0.25) is 0 Å². The molecule has 0 saturated heterocycles. The van der Waals surface area contributed by atoms with Gasteiger partial charge < -0.3 is 4.90 Å². The zero-order chi connectivity index (χ0) is 13.3. The van der Waals surface area contributed by atoms with Crippen LogP contribution in [-0.2, 0) is 17.8 Å². The minimum absolute atomic E-state index is 0.0189. The summed E-state index contributed by atoms with van der Waals surface area (Å²) < 4.78 is 37.0. The quantitative estimate of drug-likeness (QED) is 0.755. The maximum absolute atomic E-state index is 12.3. The smallest absolute Gasteiger partial charge is 0.330 e. The van der Waals surface area contributed by atoms with Gasteiger partial charge in [0.1, 0.15) is 0 Å². The lowest BCUT2D eigenvalue weighted by Crippen LogP contribution is -2.43. The predicted octanol–water partition coefficient (Wildman–Crippen LogP) is 2.78. The molecule has 0 atom stereocenters. The normalized spacial score (nSPS) is 15.2. The monoisotopic (exact) mass is 255 g/mol. The van der Waals surface area contributed by atoms with Crippen molar-refractivity contribution in [2.45, 2.75) is 19.1 Å². The molecule has 0 spiro atoms. The van der Waals surface area contributed by atoms with Crippen molar-refractivity contribution < 1.29 is 18.0 Å². The van der Waals surface area contributed by atoms with E-state index < -0.39 is 12.1 Å². The van der Waals surface area contributed by atoms with Gasteiger partial charge in [0.05, 0.1) is 0 Å². The first-order valence-electron chi connectivity index (χ1n) is 5.52. The highest BCUT2D eigenvalue weighted by molar-refractivity contribution is 5.82. The predicted molar refractivity (Wildman–Crippen MR) is 61.7 cm³/mol. The fourth-order valence-corrected chi connectivity index (χ4v) is 2.05. The molecule has 0 fully saturated rings. The lowest BCUT2D eigenvalue weighted by Gasteiger charge is -2.29. The van der Waals surface area contributed by atoms with Crippen molar-refractivity contribution in [1.82, 2.24) is 4.90 Å². The van der Waals surface area contributed by atoms with E-state index in [4.69, 9.17) is 0 Å². The number of amides is 1. The molecule has 1 aromatic carbocycles. The van der Waals surface area contributed by atoms with E-state index in [-0.39, 0.29) is 13.1 Å². The van der Waals surface area contributed by atoms with Crippen molar-refractivity contribution in [3.05, 3.63) is 41.5 Å². The van der Waals surface area contributed by atoms with Crippen LogP contribution >= 0.6 is 0 Å². The molecule has 0 unspecified atom stereocenters. The molecule has 0 radical (unpaired) electrons. The summed E-state index contributed by atoms with van der Waals surface area (Å²) in [7, 11) is 0. The Balaban J connectivity index is 2.21. The fourth-order valence-electron chi connectivity index (χ4n) is 2.05. The van der Waals surface area contributed by atoms with Gasteiger partial charge in [0.15, 0.2) is 0 Å². The van der Waals surface area contributed by atoms with Crippen molar-refractivity contribution in [2.75, 3.05) is 6.54 Å². The van der Waals surface area contributed by atoms with Crippen LogP contribution in [0.1, 0.15) is 16.7 Å². The molecule has 5 heteroatoms. The number of rotatable bonds is 1. The van der Waals surface area contributed by atoms with E-state index in [2.05, 4.69) is 6.58 Å². The van der Waals surface area contributed by atoms with Crippen molar-refractivity contribution in [2.24, 2.45) is 0 Å². The van der Waals surface area contributed by atoms with E-state index in [1.807, 2.05) is 6.07 Å².